The van der Waals surface area contributed by atoms with Crippen molar-refractivity contribution in [2.75, 3.05) is 18.1 Å². The van der Waals surface area contributed by atoms with E-state index in [1.807, 2.05) is 0 Å². The van der Waals surface area contributed by atoms with Crippen molar-refractivity contribution < 1.29 is 40.0 Å². The van der Waals surface area contributed by atoms with Crippen LogP contribution in [-0.2, 0) is 14.6 Å². The van der Waals surface area contributed by atoms with E-state index in [0.29, 0.717) is 23.9 Å². The van der Waals surface area contributed by atoms with Gasteiger partial charge >= 0.3 is 6.18 Å². The molecule has 0 spiro atoms. The number of carbonyl (C=O) groups is 2. The van der Waals surface area contributed by atoms with Crippen molar-refractivity contribution in [3.8, 4) is 0 Å². The first-order valence-electron chi connectivity index (χ1n) is 12.9. The van der Waals surface area contributed by atoms with Gasteiger partial charge in [-0.15, -0.1) is 0 Å². The van der Waals surface area contributed by atoms with Crippen LogP contribution in [0.2, 0.25) is 0 Å². The molecule has 0 unspecified atom stereocenters. The van der Waals surface area contributed by atoms with Crippen molar-refractivity contribution >= 4 is 38.5 Å². The summed E-state index contributed by atoms with van der Waals surface area (Å²) in [5.41, 5.74) is 0.780. The molecule has 0 aliphatic heterocycles. The van der Waals surface area contributed by atoms with Gasteiger partial charge < -0.3 is 15.1 Å². The van der Waals surface area contributed by atoms with Crippen LogP contribution < -0.4 is 10.6 Å². The van der Waals surface area contributed by atoms with Gasteiger partial charge in [-0.3, -0.25) is 14.6 Å². The van der Waals surface area contributed by atoms with Gasteiger partial charge in [-0.1, -0.05) is 19.1 Å². The molecule has 1 heterocycles. The number of oxazole rings is 1. The van der Waals surface area contributed by atoms with E-state index in [0.717, 1.165) is 24.3 Å². The van der Waals surface area contributed by atoms with Gasteiger partial charge in [-0.2, -0.15) is 13.2 Å². The number of para-hydroxylation sites is 2. The minimum absolute atomic E-state index is 0.00244. The van der Waals surface area contributed by atoms with Gasteiger partial charge in [0.2, 0.25) is 11.7 Å². The van der Waals surface area contributed by atoms with Crippen molar-refractivity contribution in [3.05, 3.63) is 65.8 Å². The van der Waals surface area contributed by atoms with Crippen LogP contribution in [0.4, 0.5) is 17.6 Å². The second-order valence-corrected chi connectivity index (χ2v) is 12.0. The van der Waals surface area contributed by atoms with E-state index in [4.69, 9.17) is 4.42 Å². The number of nitrogens with zero attached hydrogens (tertiary/aromatic N) is 2. The minimum Gasteiger partial charge on any atom is -0.434 e. The molecule has 0 saturated heterocycles. The molecule has 1 aromatic heterocycles. The number of carbonyl (C=O) groups excluding carboxylic acids is 2. The number of hydrogen-bond acceptors (Lipinski definition) is 7. The number of sulfone groups is 1. The maximum Gasteiger partial charge on any atom is 0.408 e. The Morgan fingerprint density at radius 3 is 2.37 bits per heavy atom. The molecule has 14 heteroatoms. The number of nitrogens with one attached hydrogen (secondary N) is 2. The molecule has 4 rings (SSSR count). The molecule has 0 bridgehead atoms. The first-order valence-corrected chi connectivity index (χ1v) is 14.7. The zero-order valence-corrected chi connectivity index (χ0v) is 22.8. The maximum atomic E-state index is 13.5. The van der Waals surface area contributed by atoms with E-state index < -0.39 is 63.7 Å². The van der Waals surface area contributed by atoms with Crippen LogP contribution in [0.5, 0.6) is 0 Å². The Kier molecular flexibility index (Phi) is 9.10. The number of fused-ring (bicyclic) bond motifs is 1. The van der Waals surface area contributed by atoms with Gasteiger partial charge in [0.15, 0.2) is 15.4 Å². The van der Waals surface area contributed by atoms with Crippen molar-refractivity contribution in [2.45, 2.75) is 44.4 Å². The molecule has 1 aliphatic carbocycles. The number of Topliss-reactive ketones (excluding diaryl/α,β-unsaturated/α-hetero) is 1. The third-order valence-electron chi connectivity index (χ3n) is 6.31. The molecule has 1 fully saturated rings. The van der Waals surface area contributed by atoms with E-state index >= 15 is 0 Å². The predicted octanol–water partition coefficient (Wildman–Crippen LogP) is 3.84. The lowest BCUT2D eigenvalue weighted by Crippen LogP contribution is -2.54. The fourth-order valence-corrected chi connectivity index (χ4v) is 5.99. The normalized spacial score (nSPS) is 15.9. The summed E-state index contributed by atoms with van der Waals surface area (Å²) in [5.74, 6) is -4.01. The molecule has 220 valence electrons. The van der Waals surface area contributed by atoms with Crippen LogP contribution in [0.25, 0.3) is 11.1 Å². The number of aromatic nitrogens is 1. The third kappa shape index (κ3) is 8.59. The van der Waals surface area contributed by atoms with Crippen LogP contribution in [0.3, 0.4) is 0 Å². The average molecular weight is 597 g/mol. The summed E-state index contributed by atoms with van der Waals surface area (Å²) in [6.45, 7) is -0.0316. The van der Waals surface area contributed by atoms with Crippen LogP contribution >= 0.6 is 0 Å². The molecular weight excluding hydrogens is 568 g/mol. The molecule has 2 atom stereocenters. The number of ketones is 1. The van der Waals surface area contributed by atoms with E-state index in [1.54, 1.807) is 31.2 Å². The lowest BCUT2D eigenvalue weighted by molar-refractivity contribution is -0.122. The number of aliphatic imine (C=N–C) groups is 1. The van der Waals surface area contributed by atoms with Gasteiger partial charge in [0.1, 0.15) is 29.8 Å². The lowest BCUT2D eigenvalue weighted by Gasteiger charge is -2.23. The summed E-state index contributed by atoms with van der Waals surface area (Å²) < 4.78 is 83.9. The Bertz CT molecular complexity index is 1500. The number of amidine groups is 1. The van der Waals surface area contributed by atoms with Crippen molar-refractivity contribution in [1.29, 1.82) is 0 Å². The number of amides is 1. The highest BCUT2D eigenvalue weighted by molar-refractivity contribution is 7.91. The summed E-state index contributed by atoms with van der Waals surface area (Å²) in [7, 11) is -3.85. The molecule has 2 aromatic carbocycles. The molecule has 0 radical (unpaired) electrons. The maximum absolute atomic E-state index is 13.5. The summed E-state index contributed by atoms with van der Waals surface area (Å²) >= 11 is 0. The van der Waals surface area contributed by atoms with Crippen LogP contribution in [-0.4, -0.2) is 67.2 Å². The Morgan fingerprint density at radius 1 is 1.07 bits per heavy atom. The SMILES string of the molecule is CC[C@H](NC(=O)[C@H](CS(=O)(=O)CC1CC1)N/C(=N/CC(F)(F)F)c1ccc(F)cc1)C(=O)c1nc2ccccc2o1. The summed E-state index contributed by atoms with van der Waals surface area (Å²) in [6.07, 6.45) is -3.19. The molecule has 1 aliphatic rings. The smallest absolute Gasteiger partial charge is 0.408 e. The van der Waals surface area contributed by atoms with Gasteiger partial charge in [0.25, 0.3) is 5.89 Å². The standard InChI is InChI=1S/C27H28F4N4O5S/c1-2-19(23(36)26-35-20-5-3-4-6-22(20)40-26)34-25(37)21(14-41(38,39)13-16-7-8-16)33-24(32-15-27(29,30)31)17-9-11-18(28)12-10-17/h3-6,9-12,16,19,21H,2,7-8,13-15H2,1H3,(H,32,33)(H,34,37)/t19-,21-/m0/s1. The van der Waals surface area contributed by atoms with Crippen LogP contribution in [0, 0.1) is 11.7 Å². The Labute approximate surface area is 233 Å². The first-order chi connectivity index (χ1) is 19.3. The quantitative estimate of drug-likeness (QED) is 0.141. The largest absolute Gasteiger partial charge is 0.434 e. The van der Waals surface area contributed by atoms with Gasteiger partial charge in [0.05, 0.1) is 17.5 Å². The van der Waals surface area contributed by atoms with Gasteiger partial charge in [0, 0.05) is 5.56 Å². The number of alkyl halides is 3. The Morgan fingerprint density at radius 2 is 1.76 bits per heavy atom. The van der Waals surface area contributed by atoms with Gasteiger partial charge in [-0.25, -0.2) is 17.8 Å². The van der Waals surface area contributed by atoms with E-state index in [2.05, 4.69) is 20.6 Å². The zero-order valence-electron chi connectivity index (χ0n) is 21.9. The van der Waals surface area contributed by atoms with E-state index in [9.17, 15) is 35.6 Å². The number of hydrogen-bond donors (Lipinski definition) is 2. The summed E-state index contributed by atoms with van der Waals surface area (Å²) in [6, 6.07) is 8.13. The highest BCUT2D eigenvalue weighted by atomic mass is 32.2. The fourth-order valence-electron chi connectivity index (χ4n) is 4.06. The first kappa shape index (κ1) is 30.2. The fraction of sp³-hybridized carbons (Fsp3) is 0.407. The Balaban J connectivity index is 1.61. The third-order valence-corrected chi connectivity index (χ3v) is 8.14. The molecule has 3 aromatic rings. The Hall–Kier alpha value is -3.81. The highest BCUT2D eigenvalue weighted by Gasteiger charge is 2.35. The van der Waals surface area contributed by atoms with Crippen LogP contribution in [0.15, 0.2) is 57.9 Å². The van der Waals surface area contributed by atoms with Crippen LogP contribution in [0.1, 0.15) is 42.4 Å². The van der Waals surface area contributed by atoms with Gasteiger partial charge in [-0.05, 0) is 61.6 Å². The predicted molar refractivity (Wildman–Crippen MR) is 143 cm³/mol. The molecular formula is C27H28F4N4O5S. The number of benzene rings is 2. The summed E-state index contributed by atoms with van der Waals surface area (Å²) in [5, 5.41) is 5.01. The average Bonchev–Trinajstić information content (AvgIpc) is 3.60. The molecule has 9 nitrogen and oxygen atoms in total. The van der Waals surface area contributed by atoms with Crippen molar-refractivity contribution in [2.24, 2.45) is 10.9 Å². The van der Waals surface area contributed by atoms with E-state index in [1.165, 1.54) is 0 Å². The lowest BCUT2D eigenvalue weighted by atomic mass is 10.1. The minimum atomic E-state index is -4.71. The molecule has 41 heavy (non-hydrogen) atoms. The highest BCUT2D eigenvalue weighted by Crippen LogP contribution is 2.30. The van der Waals surface area contributed by atoms with Crippen molar-refractivity contribution in [1.82, 2.24) is 15.6 Å². The second kappa shape index (κ2) is 12.4. The molecule has 1 saturated carbocycles. The number of halogens is 4. The topological polar surface area (TPSA) is 131 Å². The number of rotatable bonds is 12. The molecule has 2 N–H and O–H groups in total. The second-order valence-electron chi connectivity index (χ2n) is 9.82. The monoisotopic (exact) mass is 596 g/mol. The van der Waals surface area contributed by atoms with Crippen molar-refractivity contribution in [3.63, 3.8) is 0 Å². The van der Waals surface area contributed by atoms with E-state index in [-0.39, 0.29) is 29.5 Å². The zero-order chi connectivity index (χ0) is 29.8. The molecule has 1 amide bonds. The summed E-state index contributed by atoms with van der Waals surface area (Å²) in [4.78, 5) is 34.2.